The molecule has 0 aliphatic heterocycles. The minimum atomic E-state index is 0.352. The molecule has 0 spiro atoms. The largest absolute Gasteiger partial charge is 0.357 e. The summed E-state index contributed by atoms with van der Waals surface area (Å²) in [6.07, 6.45) is 2.68. The van der Waals surface area contributed by atoms with Crippen LogP contribution in [0.15, 0.2) is 35.8 Å². The van der Waals surface area contributed by atoms with Crippen LogP contribution in [0.1, 0.15) is 17.4 Å². The summed E-state index contributed by atoms with van der Waals surface area (Å²) in [4.78, 5) is 7.79. The van der Waals surface area contributed by atoms with Gasteiger partial charge in [-0.1, -0.05) is 6.07 Å². The van der Waals surface area contributed by atoms with Crippen LogP contribution in [0.5, 0.6) is 0 Å². The van der Waals surface area contributed by atoms with Gasteiger partial charge < -0.3 is 4.90 Å². The highest BCUT2D eigenvalue weighted by atomic mass is 32.1. The number of aromatic nitrogens is 1. The van der Waals surface area contributed by atoms with Crippen molar-refractivity contribution in [3.63, 3.8) is 0 Å². The molecule has 0 aliphatic rings. The van der Waals surface area contributed by atoms with E-state index in [4.69, 9.17) is 5.26 Å². The van der Waals surface area contributed by atoms with Gasteiger partial charge in [0.2, 0.25) is 0 Å². The number of hydrogen-bond acceptors (Lipinski definition) is 4. The lowest BCUT2D eigenvalue weighted by atomic mass is 10.2. The van der Waals surface area contributed by atoms with E-state index in [0.717, 1.165) is 12.2 Å². The monoisotopic (exact) mass is 257 g/mol. The van der Waals surface area contributed by atoms with Crippen LogP contribution >= 0.6 is 11.3 Å². The van der Waals surface area contributed by atoms with Gasteiger partial charge in [0.25, 0.3) is 0 Å². The lowest BCUT2D eigenvalue weighted by molar-refractivity contribution is 0.680. The highest BCUT2D eigenvalue weighted by Crippen LogP contribution is 2.18. The van der Waals surface area contributed by atoms with Crippen molar-refractivity contribution in [2.24, 2.45) is 0 Å². The standard InChI is InChI=1S/C14H15N3S/c1-11(8-13-4-3-7-18-13)17(2)14-9-12(10-15)5-6-16-14/h3-7,9,11H,8H2,1-2H3. The Bertz CT molecular complexity index is 542. The summed E-state index contributed by atoms with van der Waals surface area (Å²) < 4.78 is 0. The molecule has 0 N–H and O–H groups in total. The van der Waals surface area contributed by atoms with Crippen molar-refractivity contribution < 1.29 is 0 Å². The molecule has 2 aromatic heterocycles. The van der Waals surface area contributed by atoms with Crippen LogP contribution in [-0.4, -0.2) is 18.1 Å². The van der Waals surface area contributed by atoms with E-state index in [2.05, 4.69) is 40.4 Å². The van der Waals surface area contributed by atoms with Crippen molar-refractivity contribution in [1.82, 2.24) is 4.98 Å². The molecular weight excluding hydrogens is 242 g/mol. The van der Waals surface area contributed by atoms with Crippen LogP contribution < -0.4 is 4.90 Å². The smallest absolute Gasteiger partial charge is 0.129 e. The number of nitriles is 1. The van der Waals surface area contributed by atoms with Gasteiger partial charge in [0.1, 0.15) is 5.82 Å². The minimum absolute atomic E-state index is 0.352. The van der Waals surface area contributed by atoms with Crippen molar-refractivity contribution >= 4 is 17.2 Å². The summed E-state index contributed by atoms with van der Waals surface area (Å²) in [6, 6.07) is 10.3. The highest BCUT2D eigenvalue weighted by Gasteiger charge is 2.12. The van der Waals surface area contributed by atoms with E-state index in [1.807, 2.05) is 13.1 Å². The van der Waals surface area contributed by atoms with Crippen LogP contribution in [0.25, 0.3) is 0 Å². The third-order valence-corrected chi connectivity index (χ3v) is 3.87. The van der Waals surface area contributed by atoms with Gasteiger partial charge >= 0.3 is 0 Å². The first-order valence-electron chi connectivity index (χ1n) is 5.82. The molecule has 0 aromatic carbocycles. The molecule has 3 nitrogen and oxygen atoms in total. The van der Waals surface area contributed by atoms with Gasteiger partial charge in [-0.2, -0.15) is 5.26 Å². The fraction of sp³-hybridized carbons (Fsp3) is 0.286. The third kappa shape index (κ3) is 2.88. The number of likely N-dealkylation sites (N-methyl/N-ethyl adjacent to an activating group) is 1. The normalized spacial score (nSPS) is 11.8. The number of rotatable bonds is 4. The van der Waals surface area contributed by atoms with Crippen LogP contribution in [0, 0.1) is 11.3 Å². The molecule has 2 aromatic rings. The van der Waals surface area contributed by atoms with E-state index in [1.54, 1.807) is 23.6 Å². The molecule has 2 rings (SSSR count). The zero-order chi connectivity index (χ0) is 13.0. The molecule has 0 bridgehead atoms. The summed E-state index contributed by atoms with van der Waals surface area (Å²) in [7, 11) is 2.02. The molecule has 92 valence electrons. The van der Waals surface area contributed by atoms with Crippen LogP contribution in [0.3, 0.4) is 0 Å². The third-order valence-electron chi connectivity index (χ3n) is 2.97. The molecule has 4 heteroatoms. The average molecular weight is 257 g/mol. The van der Waals surface area contributed by atoms with Crippen molar-refractivity contribution in [2.75, 3.05) is 11.9 Å². The Kier molecular flexibility index (Phi) is 3.96. The Morgan fingerprint density at radius 1 is 1.50 bits per heavy atom. The maximum absolute atomic E-state index is 8.90. The first kappa shape index (κ1) is 12.6. The number of hydrogen-bond donors (Lipinski definition) is 0. The predicted molar refractivity (Wildman–Crippen MR) is 74.8 cm³/mol. The van der Waals surface area contributed by atoms with Gasteiger partial charge in [-0.25, -0.2) is 4.98 Å². The van der Waals surface area contributed by atoms with Crippen LogP contribution in [0.4, 0.5) is 5.82 Å². The first-order chi connectivity index (χ1) is 8.70. The molecule has 0 fully saturated rings. The van der Waals surface area contributed by atoms with E-state index in [0.29, 0.717) is 11.6 Å². The molecule has 0 aliphatic carbocycles. The van der Waals surface area contributed by atoms with Gasteiger partial charge in [0.15, 0.2) is 0 Å². The van der Waals surface area contributed by atoms with E-state index < -0.39 is 0 Å². The Labute approximate surface area is 111 Å². The second-order valence-corrected chi connectivity index (χ2v) is 5.29. The van der Waals surface area contributed by atoms with Gasteiger partial charge in [-0.3, -0.25) is 0 Å². The Morgan fingerprint density at radius 3 is 3.00 bits per heavy atom. The fourth-order valence-corrected chi connectivity index (χ4v) is 2.59. The number of pyridine rings is 1. The van der Waals surface area contributed by atoms with E-state index in [-0.39, 0.29) is 0 Å². The molecule has 0 amide bonds. The van der Waals surface area contributed by atoms with Crippen molar-refractivity contribution in [1.29, 1.82) is 5.26 Å². The molecule has 2 heterocycles. The molecule has 0 saturated heterocycles. The Morgan fingerprint density at radius 2 is 2.33 bits per heavy atom. The van der Waals surface area contributed by atoms with Crippen molar-refractivity contribution in [2.45, 2.75) is 19.4 Å². The number of anilines is 1. The van der Waals surface area contributed by atoms with Crippen LogP contribution in [0.2, 0.25) is 0 Å². The lowest BCUT2D eigenvalue weighted by Gasteiger charge is -2.25. The highest BCUT2D eigenvalue weighted by molar-refractivity contribution is 7.09. The van der Waals surface area contributed by atoms with E-state index in [1.165, 1.54) is 4.88 Å². The predicted octanol–water partition coefficient (Wildman–Crippen LogP) is 3.08. The molecular formula is C14H15N3S. The van der Waals surface area contributed by atoms with Gasteiger partial charge in [-0.15, -0.1) is 11.3 Å². The van der Waals surface area contributed by atoms with E-state index in [9.17, 15) is 0 Å². The summed E-state index contributed by atoms with van der Waals surface area (Å²) in [5.74, 6) is 0.845. The zero-order valence-electron chi connectivity index (χ0n) is 10.5. The maximum Gasteiger partial charge on any atom is 0.129 e. The van der Waals surface area contributed by atoms with Gasteiger partial charge in [0.05, 0.1) is 11.6 Å². The number of nitrogens with zero attached hydrogens (tertiary/aromatic N) is 3. The number of thiophene rings is 1. The second-order valence-electron chi connectivity index (χ2n) is 4.26. The fourth-order valence-electron chi connectivity index (χ4n) is 1.76. The Balaban J connectivity index is 2.10. The maximum atomic E-state index is 8.90. The molecule has 0 radical (unpaired) electrons. The summed E-state index contributed by atoms with van der Waals surface area (Å²) >= 11 is 1.77. The Hall–Kier alpha value is -1.86. The lowest BCUT2D eigenvalue weighted by Crippen LogP contribution is -2.31. The van der Waals surface area contributed by atoms with Crippen molar-refractivity contribution in [3.8, 4) is 6.07 Å². The second kappa shape index (κ2) is 5.65. The molecule has 0 saturated carbocycles. The summed E-state index contributed by atoms with van der Waals surface area (Å²) in [5, 5.41) is 11.0. The first-order valence-corrected chi connectivity index (χ1v) is 6.70. The van der Waals surface area contributed by atoms with Gasteiger partial charge in [-0.05, 0) is 30.5 Å². The zero-order valence-corrected chi connectivity index (χ0v) is 11.3. The summed E-state index contributed by atoms with van der Waals surface area (Å²) in [5.41, 5.74) is 0.648. The molecule has 1 atom stereocenters. The SMILES string of the molecule is CC(Cc1cccs1)N(C)c1cc(C#N)ccn1. The quantitative estimate of drug-likeness (QED) is 0.845. The minimum Gasteiger partial charge on any atom is -0.357 e. The topological polar surface area (TPSA) is 39.9 Å². The molecule has 1 unspecified atom stereocenters. The van der Waals surface area contributed by atoms with Gasteiger partial charge in [0, 0.05) is 30.6 Å². The average Bonchev–Trinajstić information content (AvgIpc) is 2.90. The van der Waals surface area contributed by atoms with Crippen molar-refractivity contribution in [3.05, 3.63) is 46.3 Å². The summed E-state index contributed by atoms with van der Waals surface area (Å²) in [6.45, 7) is 2.17. The van der Waals surface area contributed by atoms with Crippen LogP contribution in [-0.2, 0) is 6.42 Å². The molecule has 18 heavy (non-hydrogen) atoms. The van der Waals surface area contributed by atoms with E-state index >= 15 is 0 Å².